The predicted molar refractivity (Wildman–Crippen MR) is 97.9 cm³/mol. The molecule has 0 radical (unpaired) electrons. The second-order valence-electron chi connectivity index (χ2n) is 6.52. The minimum atomic E-state index is -3.55. The molecule has 0 saturated carbocycles. The monoisotopic (exact) mass is 410 g/mol. The molecular formula is C19H18F4N4O2. The normalized spacial score (nSPS) is 21.2. The molecule has 0 bridgehead atoms. The molecule has 0 spiro atoms. The van der Waals surface area contributed by atoms with Crippen molar-refractivity contribution in [3.63, 3.8) is 0 Å². The minimum absolute atomic E-state index is 0.0417. The topological polar surface area (TPSA) is 89.6 Å². The van der Waals surface area contributed by atoms with Gasteiger partial charge in [-0.15, -0.1) is 0 Å². The van der Waals surface area contributed by atoms with Crippen LogP contribution in [0.15, 0.2) is 41.5 Å². The van der Waals surface area contributed by atoms with Gasteiger partial charge in [0.05, 0.1) is 6.20 Å². The highest BCUT2D eigenvalue weighted by Gasteiger charge is 2.56. The standard InChI is InChI=1S/C19H18F4N4O2/c1-2-18(19(22,23)10-29-9-16(24)27-18)13-7-12(4-5-14(13)21)26-17(28)15-6-3-11(20)8-25-15/h3-8H,2,9-10H2,1H3,(H2,24,27)(H,26,28)/t18-/m1/s1. The number of hydrogen-bond donors (Lipinski definition) is 2. The van der Waals surface area contributed by atoms with Gasteiger partial charge in [-0.1, -0.05) is 6.92 Å². The lowest BCUT2D eigenvalue weighted by atomic mass is 9.81. The summed E-state index contributed by atoms with van der Waals surface area (Å²) in [5.41, 5.74) is 2.88. The summed E-state index contributed by atoms with van der Waals surface area (Å²) in [5, 5.41) is 2.43. The molecule has 3 rings (SSSR count). The van der Waals surface area contributed by atoms with Crippen molar-refractivity contribution < 1.29 is 27.1 Å². The molecule has 2 heterocycles. The van der Waals surface area contributed by atoms with Gasteiger partial charge in [-0.2, -0.15) is 0 Å². The Kier molecular flexibility index (Phi) is 5.56. The second-order valence-corrected chi connectivity index (χ2v) is 6.52. The van der Waals surface area contributed by atoms with Gasteiger partial charge in [0, 0.05) is 11.3 Å². The van der Waals surface area contributed by atoms with Gasteiger partial charge in [0.2, 0.25) is 0 Å². The molecule has 1 aromatic carbocycles. The number of nitrogens with zero attached hydrogens (tertiary/aromatic N) is 2. The number of nitrogens with two attached hydrogens (primary N) is 1. The minimum Gasteiger partial charge on any atom is -0.385 e. The van der Waals surface area contributed by atoms with E-state index in [1.165, 1.54) is 13.0 Å². The number of rotatable bonds is 4. The fraction of sp³-hybridized carbons (Fsp3) is 0.316. The zero-order valence-electron chi connectivity index (χ0n) is 15.4. The number of benzene rings is 1. The first-order valence-electron chi connectivity index (χ1n) is 8.71. The van der Waals surface area contributed by atoms with Crippen LogP contribution in [-0.4, -0.2) is 35.9 Å². The molecule has 3 N–H and O–H groups in total. The molecule has 0 saturated heterocycles. The van der Waals surface area contributed by atoms with Gasteiger partial charge in [0.1, 0.15) is 36.4 Å². The first-order chi connectivity index (χ1) is 13.7. The first-order valence-corrected chi connectivity index (χ1v) is 8.71. The number of amides is 1. The third kappa shape index (κ3) is 3.93. The number of hydrogen-bond acceptors (Lipinski definition) is 5. The van der Waals surface area contributed by atoms with Crippen LogP contribution in [0.2, 0.25) is 0 Å². The van der Waals surface area contributed by atoms with E-state index in [1.807, 2.05) is 0 Å². The molecule has 1 aliphatic rings. The van der Waals surface area contributed by atoms with Gasteiger partial charge in [0.25, 0.3) is 11.8 Å². The molecule has 1 amide bonds. The van der Waals surface area contributed by atoms with Gasteiger partial charge >= 0.3 is 0 Å². The summed E-state index contributed by atoms with van der Waals surface area (Å²) < 4.78 is 62.3. The van der Waals surface area contributed by atoms with E-state index in [9.17, 15) is 22.4 Å². The highest BCUT2D eigenvalue weighted by molar-refractivity contribution is 6.02. The largest absolute Gasteiger partial charge is 0.385 e. The Bertz CT molecular complexity index is 950. The van der Waals surface area contributed by atoms with Gasteiger partial charge < -0.3 is 15.8 Å². The van der Waals surface area contributed by atoms with Gasteiger partial charge in [-0.3, -0.25) is 9.79 Å². The molecule has 2 aromatic rings. The van der Waals surface area contributed by atoms with Gasteiger partial charge in [0.15, 0.2) is 5.54 Å². The smallest absolute Gasteiger partial charge is 0.299 e. The summed E-state index contributed by atoms with van der Waals surface area (Å²) in [6, 6.07) is 5.45. The summed E-state index contributed by atoms with van der Waals surface area (Å²) in [7, 11) is 0. The van der Waals surface area contributed by atoms with Crippen LogP contribution >= 0.6 is 0 Å². The molecule has 1 aromatic heterocycles. The third-order valence-electron chi connectivity index (χ3n) is 4.61. The van der Waals surface area contributed by atoms with Gasteiger partial charge in [-0.25, -0.2) is 22.5 Å². The molecule has 0 aliphatic carbocycles. The maximum Gasteiger partial charge on any atom is 0.299 e. The van der Waals surface area contributed by atoms with E-state index in [0.29, 0.717) is 0 Å². The average molecular weight is 410 g/mol. The number of alkyl halides is 2. The molecule has 1 atom stereocenters. The first kappa shape index (κ1) is 20.7. The lowest BCUT2D eigenvalue weighted by Gasteiger charge is -2.36. The Balaban J connectivity index is 2.02. The van der Waals surface area contributed by atoms with E-state index < -0.39 is 41.2 Å². The third-order valence-corrected chi connectivity index (χ3v) is 4.61. The molecule has 6 nitrogen and oxygen atoms in total. The van der Waals surface area contributed by atoms with Crippen LogP contribution < -0.4 is 11.1 Å². The number of aromatic nitrogens is 1. The van der Waals surface area contributed by atoms with Crippen molar-refractivity contribution in [2.45, 2.75) is 24.8 Å². The Morgan fingerprint density at radius 1 is 1.28 bits per heavy atom. The number of halogens is 4. The van der Waals surface area contributed by atoms with Crippen LogP contribution in [-0.2, 0) is 10.3 Å². The number of ether oxygens (including phenoxy) is 1. The van der Waals surface area contributed by atoms with Crippen LogP contribution in [0.4, 0.5) is 23.2 Å². The maximum absolute atomic E-state index is 14.9. The molecule has 0 unspecified atom stereocenters. The molecule has 10 heteroatoms. The summed E-state index contributed by atoms with van der Waals surface area (Å²) in [5.74, 6) is -6.00. The van der Waals surface area contributed by atoms with Crippen molar-refractivity contribution in [2.75, 3.05) is 18.5 Å². The highest BCUT2D eigenvalue weighted by Crippen LogP contribution is 2.46. The number of aliphatic imine (C=N–C) groups is 1. The number of amidine groups is 1. The molecule has 1 aliphatic heterocycles. The SMILES string of the molecule is CC[C@]1(c2cc(NC(=O)c3ccc(F)cn3)ccc2F)N=C(N)COCC1(F)F. The summed E-state index contributed by atoms with van der Waals surface area (Å²) in [6.45, 7) is 0.148. The quantitative estimate of drug-likeness (QED) is 0.758. The van der Waals surface area contributed by atoms with Crippen molar-refractivity contribution in [1.82, 2.24) is 4.98 Å². The summed E-state index contributed by atoms with van der Waals surface area (Å²) in [4.78, 5) is 19.8. The lowest BCUT2D eigenvalue weighted by molar-refractivity contribution is -0.123. The highest BCUT2D eigenvalue weighted by atomic mass is 19.3. The van der Waals surface area contributed by atoms with Crippen molar-refractivity contribution in [3.05, 3.63) is 59.4 Å². The van der Waals surface area contributed by atoms with Crippen LogP contribution in [0.1, 0.15) is 29.4 Å². The second kappa shape index (κ2) is 7.78. The van der Waals surface area contributed by atoms with E-state index in [1.54, 1.807) is 0 Å². The summed E-state index contributed by atoms with van der Waals surface area (Å²) >= 11 is 0. The molecule has 29 heavy (non-hydrogen) atoms. The zero-order valence-corrected chi connectivity index (χ0v) is 15.4. The average Bonchev–Trinajstić information content (AvgIpc) is 2.79. The molecular weight excluding hydrogens is 392 g/mol. The predicted octanol–water partition coefficient (Wildman–Crippen LogP) is 3.24. The number of carbonyl (C=O) groups excluding carboxylic acids is 1. The fourth-order valence-electron chi connectivity index (χ4n) is 3.17. The Labute approximate surface area is 163 Å². The van der Waals surface area contributed by atoms with E-state index in [2.05, 4.69) is 15.3 Å². The van der Waals surface area contributed by atoms with E-state index in [4.69, 9.17) is 10.5 Å². The number of pyridine rings is 1. The number of carbonyl (C=O) groups is 1. The van der Waals surface area contributed by atoms with Crippen molar-refractivity contribution in [2.24, 2.45) is 10.7 Å². The summed E-state index contributed by atoms with van der Waals surface area (Å²) in [6.07, 6.45) is 0.596. The number of nitrogens with one attached hydrogen (secondary N) is 1. The lowest BCUT2D eigenvalue weighted by Crippen LogP contribution is -2.47. The molecule has 154 valence electrons. The van der Waals surface area contributed by atoms with Gasteiger partial charge in [-0.05, 0) is 36.8 Å². The Hall–Kier alpha value is -3.01. The van der Waals surface area contributed by atoms with Crippen molar-refractivity contribution in [3.8, 4) is 0 Å². The fourth-order valence-corrected chi connectivity index (χ4v) is 3.17. The van der Waals surface area contributed by atoms with Crippen LogP contribution in [0.5, 0.6) is 0 Å². The van der Waals surface area contributed by atoms with Crippen LogP contribution in [0.3, 0.4) is 0 Å². The van der Waals surface area contributed by atoms with Crippen LogP contribution in [0, 0.1) is 11.6 Å². The van der Waals surface area contributed by atoms with E-state index in [-0.39, 0.29) is 30.2 Å². The Morgan fingerprint density at radius 3 is 2.69 bits per heavy atom. The van der Waals surface area contributed by atoms with E-state index in [0.717, 1.165) is 30.5 Å². The van der Waals surface area contributed by atoms with Crippen molar-refractivity contribution in [1.29, 1.82) is 0 Å². The Morgan fingerprint density at radius 2 is 2.03 bits per heavy atom. The van der Waals surface area contributed by atoms with E-state index >= 15 is 0 Å². The molecule has 0 fully saturated rings. The van der Waals surface area contributed by atoms with Crippen molar-refractivity contribution >= 4 is 17.4 Å². The van der Waals surface area contributed by atoms with Crippen LogP contribution in [0.25, 0.3) is 0 Å². The maximum atomic E-state index is 14.9. The zero-order chi connectivity index (χ0) is 21.2. The number of anilines is 1.